The number of Topliss-reactive ketones (excluding diaryl/α,β-unsaturated/α-hetero) is 1. The average Bonchev–Trinajstić information content (AvgIpc) is 2.38. The number of aromatic nitrogens is 2. The Morgan fingerprint density at radius 1 is 1.18 bits per heavy atom. The van der Waals surface area contributed by atoms with Crippen LogP contribution in [-0.2, 0) is 6.61 Å². The van der Waals surface area contributed by atoms with Crippen LogP contribution in [0.5, 0.6) is 5.75 Å². The molecule has 0 aliphatic heterocycles. The van der Waals surface area contributed by atoms with Gasteiger partial charge in [0.15, 0.2) is 11.6 Å². The SMILES string of the molecule is CC(=O)c1ccc(OCc2ncccn2)cc1. The van der Waals surface area contributed by atoms with Crippen LogP contribution in [-0.4, -0.2) is 15.8 Å². The van der Waals surface area contributed by atoms with E-state index in [0.29, 0.717) is 23.7 Å². The number of ketones is 1. The van der Waals surface area contributed by atoms with E-state index >= 15 is 0 Å². The van der Waals surface area contributed by atoms with Crippen molar-refractivity contribution in [2.45, 2.75) is 13.5 Å². The summed E-state index contributed by atoms with van der Waals surface area (Å²) in [6, 6.07) is 8.76. The molecule has 86 valence electrons. The lowest BCUT2D eigenvalue weighted by Crippen LogP contribution is -2.00. The lowest BCUT2D eigenvalue weighted by Gasteiger charge is -2.05. The molecule has 0 spiro atoms. The van der Waals surface area contributed by atoms with Crippen LogP contribution in [0.15, 0.2) is 42.7 Å². The number of nitrogens with zero attached hydrogens (tertiary/aromatic N) is 2. The van der Waals surface area contributed by atoms with Gasteiger partial charge in [-0.2, -0.15) is 0 Å². The van der Waals surface area contributed by atoms with Gasteiger partial charge in [0, 0.05) is 18.0 Å². The van der Waals surface area contributed by atoms with Gasteiger partial charge in [0.1, 0.15) is 12.4 Å². The second-order valence-corrected chi connectivity index (χ2v) is 3.53. The summed E-state index contributed by atoms with van der Waals surface area (Å²) in [5, 5.41) is 0. The fraction of sp³-hybridized carbons (Fsp3) is 0.154. The first kappa shape index (κ1) is 11.3. The Morgan fingerprint density at radius 3 is 2.41 bits per heavy atom. The van der Waals surface area contributed by atoms with Crippen molar-refractivity contribution in [3.63, 3.8) is 0 Å². The van der Waals surface area contributed by atoms with Crippen molar-refractivity contribution in [2.75, 3.05) is 0 Å². The Balaban J connectivity index is 1.98. The van der Waals surface area contributed by atoms with Gasteiger partial charge in [-0.25, -0.2) is 9.97 Å². The molecule has 0 amide bonds. The first-order chi connectivity index (χ1) is 8.25. The second kappa shape index (κ2) is 5.21. The van der Waals surface area contributed by atoms with Crippen molar-refractivity contribution in [1.29, 1.82) is 0 Å². The van der Waals surface area contributed by atoms with Crippen molar-refractivity contribution in [3.8, 4) is 5.75 Å². The van der Waals surface area contributed by atoms with Crippen LogP contribution in [0.3, 0.4) is 0 Å². The number of carbonyl (C=O) groups is 1. The van der Waals surface area contributed by atoms with Gasteiger partial charge < -0.3 is 4.74 Å². The van der Waals surface area contributed by atoms with E-state index in [4.69, 9.17) is 4.74 Å². The average molecular weight is 228 g/mol. The Labute approximate surface area is 99.3 Å². The summed E-state index contributed by atoms with van der Waals surface area (Å²) in [5.41, 5.74) is 0.674. The fourth-order valence-electron chi connectivity index (χ4n) is 1.34. The zero-order valence-corrected chi connectivity index (χ0v) is 9.46. The van der Waals surface area contributed by atoms with Crippen LogP contribution in [0.25, 0.3) is 0 Å². The Morgan fingerprint density at radius 2 is 1.82 bits per heavy atom. The summed E-state index contributed by atoms with van der Waals surface area (Å²) in [7, 11) is 0. The molecule has 4 heteroatoms. The van der Waals surface area contributed by atoms with Crippen molar-refractivity contribution in [2.24, 2.45) is 0 Å². The molecule has 0 N–H and O–H groups in total. The quantitative estimate of drug-likeness (QED) is 0.753. The molecule has 0 atom stereocenters. The topological polar surface area (TPSA) is 52.1 Å². The van der Waals surface area contributed by atoms with E-state index in [1.165, 1.54) is 6.92 Å². The van der Waals surface area contributed by atoms with Crippen LogP contribution < -0.4 is 4.74 Å². The first-order valence-electron chi connectivity index (χ1n) is 5.25. The van der Waals surface area contributed by atoms with E-state index in [2.05, 4.69) is 9.97 Å². The van der Waals surface area contributed by atoms with Crippen LogP contribution in [0.2, 0.25) is 0 Å². The van der Waals surface area contributed by atoms with Gasteiger partial charge in [-0.1, -0.05) is 0 Å². The third kappa shape index (κ3) is 3.11. The van der Waals surface area contributed by atoms with Crippen LogP contribution in [0.1, 0.15) is 23.1 Å². The molecule has 0 bridgehead atoms. The van der Waals surface area contributed by atoms with E-state index in [-0.39, 0.29) is 5.78 Å². The molecule has 0 saturated heterocycles. The minimum atomic E-state index is 0.0444. The van der Waals surface area contributed by atoms with E-state index in [1.807, 2.05) is 0 Å². The molecule has 0 unspecified atom stereocenters. The number of rotatable bonds is 4. The number of ether oxygens (including phenoxy) is 1. The molecule has 0 saturated carbocycles. The minimum absolute atomic E-state index is 0.0444. The van der Waals surface area contributed by atoms with Crippen LogP contribution in [0.4, 0.5) is 0 Å². The molecule has 2 rings (SSSR count). The largest absolute Gasteiger partial charge is 0.486 e. The molecule has 1 aromatic carbocycles. The maximum atomic E-state index is 11.1. The van der Waals surface area contributed by atoms with Gasteiger partial charge in [0.2, 0.25) is 0 Å². The van der Waals surface area contributed by atoms with E-state index in [1.54, 1.807) is 42.7 Å². The number of hydrogen-bond donors (Lipinski definition) is 0. The van der Waals surface area contributed by atoms with E-state index in [9.17, 15) is 4.79 Å². The monoisotopic (exact) mass is 228 g/mol. The van der Waals surface area contributed by atoms with Gasteiger partial charge in [-0.15, -0.1) is 0 Å². The summed E-state index contributed by atoms with van der Waals surface area (Å²) in [6.07, 6.45) is 3.34. The van der Waals surface area contributed by atoms with Crippen molar-refractivity contribution in [1.82, 2.24) is 9.97 Å². The maximum absolute atomic E-state index is 11.1. The summed E-state index contributed by atoms with van der Waals surface area (Å²) >= 11 is 0. The molecule has 4 nitrogen and oxygen atoms in total. The zero-order valence-electron chi connectivity index (χ0n) is 9.46. The normalized spacial score (nSPS) is 9.94. The lowest BCUT2D eigenvalue weighted by atomic mass is 10.1. The van der Waals surface area contributed by atoms with E-state index < -0.39 is 0 Å². The predicted octanol–water partition coefficient (Wildman–Crippen LogP) is 2.26. The van der Waals surface area contributed by atoms with Crippen molar-refractivity contribution in [3.05, 3.63) is 54.1 Å². The van der Waals surface area contributed by atoms with Gasteiger partial charge in [0.05, 0.1) is 0 Å². The summed E-state index contributed by atoms with van der Waals surface area (Å²) in [5.74, 6) is 1.37. The highest BCUT2D eigenvalue weighted by atomic mass is 16.5. The Bertz CT molecular complexity index is 495. The standard InChI is InChI=1S/C13H12N2O2/c1-10(16)11-3-5-12(6-4-11)17-9-13-14-7-2-8-15-13/h2-8H,9H2,1H3. The molecule has 0 aliphatic rings. The lowest BCUT2D eigenvalue weighted by molar-refractivity contribution is 0.101. The third-order valence-corrected chi connectivity index (χ3v) is 2.25. The highest BCUT2D eigenvalue weighted by Crippen LogP contribution is 2.13. The molecule has 0 radical (unpaired) electrons. The van der Waals surface area contributed by atoms with Gasteiger partial charge in [-0.05, 0) is 37.3 Å². The highest BCUT2D eigenvalue weighted by Gasteiger charge is 2.00. The maximum Gasteiger partial charge on any atom is 0.166 e. The molecule has 0 fully saturated rings. The van der Waals surface area contributed by atoms with Crippen LogP contribution >= 0.6 is 0 Å². The first-order valence-corrected chi connectivity index (χ1v) is 5.25. The number of carbonyl (C=O) groups excluding carboxylic acids is 1. The third-order valence-electron chi connectivity index (χ3n) is 2.25. The Kier molecular flexibility index (Phi) is 3.45. The van der Waals surface area contributed by atoms with Crippen molar-refractivity contribution < 1.29 is 9.53 Å². The molecule has 0 aliphatic carbocycles. The molecule has 2 aromatic rings. The highest BCUT2D eigenvalue weighted by molar-refractivity contribution is 5.94. The summed E-state index contributed by atoms with van der Waals surface area (Å²) in [6.45, 7) is 1.86. The predicted molar refractivity (Wildman–Crippen MR) is 62.8 cm³/mol. The van der Waals surface area contributed by atoms with Crippen LogP contribution in [0, 0.1) is 0 Å². The molecule has 1 aromatic heterocycles. The molecular weight excluding hydrogens is 216 g/mol. The van der Waals surface area contributed by atoms with Crippen molar-refractivity contribution >= 4 is 5.78 Å². The second-order valence-electron chi connectivity index (χ2n) is 3.53. The number of benzene rings is 1. The van der Waals surface area contributed by atoms with Gasteiger partial charge in [0.25, 0.3) is 0 Å². The number of hydrogen-bond acceptors (Lipinski definition) is 4. The molecular formula is C13H12N2O2. The minimum Gasteiger partial charge on any atom is -0.486 e. The summed E-state index contributed by atoms with van der Waals surface area (Å²) in [4.78, 5) is 19.2. The van der Waals surface area contributed by atoms with Gasteiger partial charge in [-0.3, -0.25) is 4.79 Å². The molecule has 17 heavy (non-hydrogen) atoms. The van der Waals surface area contributed by atoms with E-state index in [0.717, 1.165) is 0 Å². The Hall–Kier alpha value is -2.23. The smallest absolute Gasteiger partial charge is 0.166 e. The molecule has 1 heterocycles. The van der Waals surface area contributed by atoms with Gasteiger partial charge >= 0.3 is 0 Å². The zero-order chi connectivity index (χ0) is 12.1. The summed E-state index contributed by atoms with van der Waals surface area (Å²) < 4.78 is 5.49. The fourth-order valence-corrected chi connectivity index (χ4v) is 1.34.